The maximum atomic E-state index is 13.7. The summed E-state index contributed by atoms with van der Waals surface area (Å²) in [5.41, 5.74) is 1.18. The van der Waals surface area contributed by atoms with Crippen molar-refractivity contribution in [2.45, 2.75) is 51.9 Å². The Morgan fingerprint density at radius 3 is 2.27 bits per heavy atom. The summed E-state index contributed by atoms with van der Waals surface area (Å²) in [5, 5.41) is 0. The molecular formula is C28H43N3O6. The second-order valence-corrected chi connectivity index (χ2v) is 10.6. The van der Waals surface area contributed by atoms with Gasteiger partial charge >= 0.3 is 5.97 Å². The molecule has 9 heteroatoms. The van der Waals surface area contributed by atoms with Gasteiger partial charge in [-0.05, 0) is 43.9 Å². The van der Waals surface area contributed by atoms with E-state index in [0.29, 0.717) is 26.1 Å². The maximum absolute atomic E-state index is 13.7. The third-order valence-electron chi connectivity index (χ3n) is 7.41. The molecule has 4 rings (SSSR count). The second kappa shape index (κ2) is 13.0. The summed E-state index contributed by atoms with van der Waals surface area (Å²) < 4.78 is 22.3. The maximum Gasteiger partial charge on any atom is 0.338 e. The number of hydrogen-bond donors (Lipinski definition) is 0. The van der Waals surface area contributed by atoms with Gasteiger partial charge in [0.1, 0.15) is 5.75 Å². The number of cyclic esters (lactones) is 1. The number of morpholine rings is 1. The zero-order chi connectivity index (χ0) is 26.3. The van der Waals surface area contributed by atoms with Crippen molar-refractivity contribution >= 4 is 11.9 Å². The monoisotopic (exact) mass is 517 g/mol. The largest absolute Gasteiger partial charge is 0.494 e. The van der Waals surface area contributed by atoms with Crippen LogP contribution in [-0.4, -0.2) is 111 Å². The molecule has 0 aromatic heterocycles. The first-order valence-electron chi connectivity index (χ1n) is 13.8. The van der Waals surface area contributed by atoms with Crippen LogP contribution in [0.5, 0.6) is 5.75 Å². The van der Waals surface area contributed by atoms with Crippen LogP contribution in [-0.2, 0) is 30.2 Å². The van der Waals surface area contributed by atoms with E-state index < -0.39 is 23.8 Å². The lowest BCUT2D eigenvalue weighted by Crippen LogP contribution is -2.53. The van der Waals surface area contributed by atoms with Crippen LogP contribution in [0, 0.1) is 5.92 Å². The van der Waals surface area contributed by atoms with Gasteiger partial charge in [0.05, 0.1) is 25.7 Å². The van der Waals surface area contributed by atoms with Crippen molar-refractivity contribution in [3.05, 3.63) is 29.8 Å². The molecule has 0 aliphatic carbocycles. The number of amides is 1. The molecule has 0 spiro atoms. The first kappa shape index (κ1) is 27.8. The Kier molecular flexibility index (Phi) is 9.81. The smallest absolute Gasteiger partial charge is 0.338 e. The summed E-state index contributed by atoms with van der Waals surface area (Å²) in [6.45, 7) is 14.7. The van der Waals surface area contributed by atoms with Gasteiger partial charge < -0.3 is 23.8 Å². The van der Waals surface area contributed by atoms with Gasteiger partial charge in [0.15, 0.2) is 6.10 Å². The molecule has 3 aliphatic heterocycles. The molecule has 3 saturated heterocycles. The third kappa shape index (κ3) is 7.89. The molecule has 0 radical (unpaired) electrons. The number of rotatable bonds is 11. The van der Waals surface area contributed by atoms with Crippen molar-refractivity contribution in [2.24, 2.45) is 5.92 Å². The van der Waals surface area contributed by atoms with E-state index in [4.69, 9.17) is 18.9 Å². The number of carbonyl (C=O) groups excluding carboxylic acids is 2. The van der Waals surface area contributed by atoms with Gasteiger partial charge in [-0.2, -0.15) is 0 Å². The minimum absolute atomic E-state index is 0.000766. The van der Waals surface area contributed by atoms with Crippen molar-refractivity contribution in [1.29, 1.82) is 0 Å². The predicted octanol–water partition coefficient (Wildman–Crippen LogP) is 2.18. The highest BCUT2D eigenvalue weighted by Gasteiger charge is 2.48. The Morgan fingerprint density at radius 2 is 1.68 bits per heavy atom. The van der Waals surface area contributed by atoms with E-state index in [1.54, 1.807) is 13.8 Å². The van der Waals surface area contributed by atoms with E-state index in [9.17, 15) is 9.59 Å². The van der Waals surface area contributed by atoms with Crippen molar-refractivity contribution in [2.75, 3.05) is 72.2 Å². The van der Waals surface area contributed by atoms with Crippen molar-refractivity contribution in [1.82, 2.24) is 14.7 Å². The average Bonchev–Trinajstić information content (AvgIpc) is 3.18. The minimum Gasteiger partial charge on any atom is -0.494 e. The molecule has 37 heavy (non-hydrogen) atoms. The molecule has 0 saturated carbocycles. The number of esters is 1. The number of carbonyl (C=O) groups is 2. The first-order chi connectivity index (χ1) is 17.8. The summed E-state index contributed by atoms with van der Waals surface area (Å²) in [6, 6.07) is 8.06. The Balaban J connectivity index is 1.31. The van der Waals surface area contributed by atoms with Gasteiger partial charge in [0.2, 0.25) is 11.7 Å². The quantitative estimate of drug-likeness (QED) is 0.413. The normalized spacial score (nSPS) is 23.6. The number of benzene rings is 1. The SMILES string of the molecule is CCOc1ccc(CCC[C@@H](C(=O)N2CCN(CCN3CCOCC3)CC2)[C@@H]2OC(C)(C)OC2=O)cc1. The molecule has 3 aliphatic rings. The Labute approximate surface area is 220 Å². The fourth-order valence-electron chi connectivity index (χ4n) is 5.31. The summed E-state index contributed by atoms with van der Waals surface area (Å²) in [5.74, 6) is -1.13. The van der Waals surface area contributed by atoms with Crippen molar-refractivity contribution in [3.63, 3.8) is 0 Å². The molecule has 0 unspecified atom stereocenters. The molecular weight excluding hydrogens is 474 g/mol. The van der Waals surface area contributed by atoms with Crippen molar-refractivity contribution in [3.8, 4) is 5.75 Å². The Bertz CT molecular complexity index is 878. The van der Waals surface area contributed by atoms with Gasteiger partial charge in [-0.15, -0.1) is 0 Å². The molecule has 9 nitrogen and oxygen atoms in total. The Morgan fingerprint density at radius 1 is 1.03 bits per heavy atom. The van der Waals surface area contributed by atoms with E-state index in [2.05, 4.69) is 21.9 Å². The molecule has 1 aromatic carbocycles. The van der Waals surface area contributed by atoms with Crippen LogP contribution in [0.15, 0.2) is 24.3 Å². The van der Waals surface area contributed by atoms with E-state index in [1.807, 2.05) is 24.0 Å². The first-order valence-corrected chi connectivity index (χ1v) is 13.8. The van der Waals surface area contributed by atoms with Gasteiger partial charge in [-0.1, -0.05) is 12.1 Å². The third-order valence-corrected chi connectivity index (χ3v) is 7.41. The number of aryl methyl sites for hydroxylation is 1. The Hall–Kier alpha value is -2.20. The van der Waals surface area contributed by atoms with E-state index in [0.717, 1.165) is 71.1 Å². The van der Waals surface area contributed by atoms with Crippen LogP contribution < -0.4 is 4.74 Å². The standard InChI is InChI=1S/C28H43N3O6/c1-4-35-23-10-8-22(9-11-23)6-5-7-24(25-27(33)37-28(2,3)36-25)26(32)31-16-14-29(15-17-31)12-13-30-18-20-34-21-19-30/h8-11,24-25H,4-7,12-21H2,1-3H3/t24-,25+/m1/s1. The lowest BCUT2D eigenvalue weighted by Gasteiger charge is -2.38. The fourth-order valence-corrected chi connectivity index (χ4v) is 5.31. The van der Waals surface area contributed by atoms with Crippen molar-refractivity contribution < 1.29 is 28.5 Å². The van der Waals surface area contributed by atoms with Crippen LogP contribution in [0.25, 0.3) is 0 Å². The predicted molar refractivity (Wildman–Crippen MR) is 139 cm³/mol. The van der Waals surface area contributed by atoms with Gasteiger partial charge in [-0.3, -0.25) is 14.6 Å². The van der Waals surface area contributed by atoms with Gasteiger partial charge in [0.25, 0.3) is 0 Å². The zero-order valence-corrected chi connectivity index (χ0v) is 22.7. The van der Waals surface area contributed by atoms with Crippen LogP contribution in [0.1, 0.15) is 39.2 Å². The molecule has 1 amide bonds. The average molecular weight is 518 g/mol. The summed E-state index contributed by atoms with van der Waals surface area (Å²) in [7, 11) is 0. The summed E-state index contributed by atoms with van der Waals surface area (Å²) in [4.78, 5) is 33.1. The van der Waals surface area contributed by atoms with Gasteiger partial charge in [0, 0.05) is 66.2 Å². The molecule has 3 heterocycles. The van der Waals surface area contributed by atoms with E-state index in [1.165, 1.54) is 5.56 Å². The number of piperazine rings is 1. The number of hydrogen-bond acceptors (Lipinski definition) is 8. The molecule has 2 atom stereocenters. The van der Waals surface area contributed by atoms with Crippen LogP contribution in [0.4, 0.5) is 0 Å². The zero-order valence-electron chi connectivity index (χ0n) is 22.7. The second-order valence-electron chi connectivity index (χ2n) is 10.6. The van der Waals surface area contributed by atoms with Gasteiger partial charge in [-0.25, -0.2) is 4.79 Å². The van der Waals surface area contributed by atoms with E-state index in [-0.39, 0.29) is 5.91 Å². The number of nitrogens with zero attached hydrogens (tertiary/aromatic N) is 3. The molecule has 206 valence electrons. The summed E-state index contributed by atoms with van der Waals surface area (Å²) >= 11 is 0. The minimum atomic E-state index is -1.01. The van der Waals surface area contributed by atoms with Crippen LogP contribution >= 0.6 is 0 Å². The van der Waals surface area contributed by atoms with Crippen LogP contribution in [0.3, 0.4) is 0 Å². The lowest BCUT2D eigenvalue weighted by atomic mass is 9.92. The molecule has 0 bridgehead atoms. The highest BCUT2D eigenvalue weighted by atomic mass is 16.8. The van der Waals surface area contributed by atoms with Crippen LogP contribution in [0.2, 0.25) is 0 Å². The fraction of sp³-hybridized carbons (Fsp3) is 0.714. The highest BCUT2D eigenvalue weighted by Crippen LogP contribution is 2.32. The molecule has 0 N–H and O–H groups in total. The van der Waals surface area contributed by atoms with E-state index >= 15 is 0 Å². The highest BCUT2D eigenvalue weighted by molar-refractivity contribution is 5.87. The topological polar surface area (TPSA) is 80.8 Å². The molecule has 3 fully saturated rings. The molecule has 1 aromatic rings. The lowest BCUT2D eigenvalue weighted by molar-refractivity contribution is -0.163. The number of ether oxygens (including phenoxy) is 4. The summed E-state index contributed by atoms with van der Waals surface area (Å²) in [6.07, 6.45) is 1.30.